The van der Waals surface area contributed by atoms with Gasteiger partial charge in [0.25, 0.3) is 5.91 Å². The fraction of sp³-hybridized carbons (Fsp3) is 0.318. The Bertz CT molecular complexity index is 849. The summed E-state index contributed by atoms with van der Waals surface area (Å²) in [4.78, 5) is 26.8. The molecule has 0 fully saturated rings. The average molecular weight is 432 g/mol. The Kier molecular flexibility index (Phi) is 9.09. The zero-order chi connectivity index (χ0) is 21.2. The minimum absolute atomic E-state index is 0.00459. The van der Waals surface area contributed by atoms with E-state index in [1.807, 2.05) is 4.90 Å². The van der Waals surface area contributed by atoms with Crippen molar-refractivity contribution in [3.05, 3.63) is 64.7 Å². The highest BCUT2D eigenvalue weighted by atomic mass is 35.5. The fourth-order valence-electron chi connectivity index (χ4n) is 2.89. The van der Waals surface area contributed by atoms with E-state index in [0.29, 0.717) is 16.3 Å². The standard InChI is InChI=1S/C22H26ClN3O2S/c1-3-12-26(13-4-2)21(28)17-6-5-7-19(15-17)24-22(29)25-20(27)14-16-8-10-18(23)11-9-16/h5-11,15H,3-4,12-14H2,1-2H3,(H2,24,25,27,29). The summed E-state index contributed by atoms with van der Waals surface area (Å²) in [5, 5.41) is 6.44. The van der Waals surface area contributed by atoms with Crippen LogP contribution in [0, 0.1) is 0 Å². The largest absolute Gasteiger partial charge is 0.339 e. The van der Waals surface area contributed by atoms with Crippen LogP contribution in [0.3, 0.4) is 0 Å². The lowest BCUT2D eigenvalue weighted by atomic mass is 10.1. The lowest BCUT2D eigenvalue weighted by Gasteiger charge is -2.21. The number of rotatable bonds is 8. The van der Waals surface area contributed by atoms with Crippen molar-refractivity contribution in [2.45, 2.75) is 33.1 Å². The van der Waals surface area contributed by atoms with Gasteiger partial charge in [-0.15, -0.1) is 0 Å². The maximum atomic E-state index is 12.8. The number of hydrogen-bond acceptors (Lipinski definition) is 3. The first kappa shape index (κ1) is 22.8. The number of carbonyl (C=O) groups excluding carboxylic acids is 2. The van der Waals surface area contributed by atoms with Crippen LogP contribution in [0.15, 0.2) is 48.5 Å². The first-order valence-electron chi connectivity index (χ1n) is 9.67. The van der Waals surface area contributed by atoms with Gasteiger partial charge < -0.3 is 15.5 Å². The van der Waals surface area contributed by atoms with Crippen molar-refractivity contribution in [3.63, 3.8) is 0 Å². The second-order valence-electron chi connectivity index (χ2n) is 6.68. The zero-order valence-corrected chi connectivity index (χ0v) is 18.3. The number of halogens is 1. The van der Waals surface area contributed by atoms with Crippen LogP contribution in [0.5, 0.6) is 0 Å². The van der Waals surface area contributed by atoms with E-state index >= 15 is 0 Å². The summed E-state index contributed by atoms with van der Waals surface area (Å²) in [6, 6.07) is 14.2. The SMILES string of the molecule is CCCN(CCC)C(=O)c1cccc(NC(=S)NC(=O)Cc2ccc(Cl)cc2)c1. The van der Waals surface area contributed by atoms with Gasteiger partial charge in [-0.3, -0.25) is 9.59 Å². The Hall–Kier alpha value is -2.44. The quantitative estimate of drug-likeness (QED) is 0.597. The van der Waals surface area contributed by atoms with Crippen molar-refractivity contribution in [1.29, 1.82) is 0 Å². The van der Waals surface area contributed by atoms with E-state index in [0.717, 1.165) is 31.5 Å². The minimum atomic E-state index is -0.228. The Balaban J connectivity index is 1.96. The third kappa shape index (κ3) is 7.48. The van der Waals surface area contributed by atoms with Crippen LogP contribution in [0.2, 0.25) is 5.02 Å². The van der Waals surface area contributed by atoms with Crippen LogP contribution < -0.4 is 10.6 Å². The monoisotopic (exact) mass is 431 g/mol. The number of thiocarbonyl (C=S) groups is 1. The summed E-state index contributed by atoms with van der Waals surface area (Å²) >= 11 is 11.1. The Morgan fingerprint density at radius 2 is 1.69 bits per heavy atom. The molecule has 0 aromatic heterocycles. The third-order valence-corrected chi connectivity index (χ3v) is 4.63. The molecule has 0 heterocycles. The molecule has 2 amide bonds. The topological polar surface area (TPSA) is 61.4 Å². The van der Waals surface area contributed by atoms with Crippen molar-refractivity contribution in [1.82, 2.24) is 10.2 Å². The molecule has 0 aliphatic rings. The summed E-state index contributed by atoms with van der Waals surface area (Å²) in [5.74, 6) is -0.232. The zero-order valence-electron chi connectivity index (χ0n) is 16.7. The second kappa shape index (κ2) is 11.5. The molecule has 0 spiro atoms. The minimum Gasteiger partial charge on any atom is -0.339 e. The number of anilines is 1. The fourth-order valence-corrected chi connectivity index (χ4v) is 3.25. The van der Waals surface area contributed by atoms with Crippen molar-refractivity contribution in [2.24, 2.45) is 0 Å². The van der Waals surface area contributed by atoms with Gasteiger partial charge in [-0.25, -0.2) is 0 Å². The van der Waals surface area contributed by atoms with Gasteiger partial charge in [-0.1, -0.05) is 43.6 Å². The van der Waals surface area contributed by atoms with Gasteiger partial charge in [0, 0.05) is 29.4 Å². The average Bonchev–Trinajstić information content (AvgIpc) is 2.69. The lowest BCUT2D eigenvalue weighted by Crippen LogP contribution is -2.35. The molecule has 0 bridgehead atoms. The summed E-state index contributed by atoms with van der Waals surface area (Å²) in [5.41, 5.74) is 2.09. The van der Waals surface area contributed by atoms with Crippen LogP contribution in [-0.4, -0.2) is 34.9 Å². The second-order valence-corrected chi connectivity index (χ2v) is 7.52. The molecule has 154 valence electrons. The van der Waals surface area contributed by atoms with Gasteiger partial charge >= 0.3 is 0 Å². The number of hydrogen-bond donors (Lipinski definition) is 2. The highest BCUT2D eigenvalue weighted by Crippen LogP contribution is 2.14. The molecule has 0 unspecified atom stereocenters. The lowest BCUT2D eigenvalue weighted by molar-refractivity contribution is -0.119. The number of amides is 2. The van der Waals surface area contributed by atoms with Gasteiger partial charge in [0.2, 0.25) is 5.91 Å². The molecule has 2 aromatic carbocycles. The molecule has 0 atom stereocenters. The van der Waals surface area contributed by atoms with Gasteiger partial charge in [0.05, 0.1) is 6.42 Å². The highest BCUT2D eigenvalue weighted by molar-refractivity contribution is 7.80. The Morgan fingerprint density at radius 1 is 1.03 bits per heavy atom. The smallest absolute Gasteiger partial charge is 0.253 e. The van der Waals surface area contributed by atoms with Crippen LogP contribution >= 0.6 is 23.8 Å². The number of nitrogens with one attached hydrogen (secondary N) is 2. The van der Waals surface area contributed by atoms with E-state index in [1.165, 1.54) is 0 Å². The summed E-state index contributed by atoms with van der Waals surface area (Å²) in [7, 11) is 0. The summed E-state index contributed by atoms with van der Waals surface area (Å²) in [6.45, 7) is 5.56. The van der Waals surface area contributed by atoms with E-state index in [-0.39, 0.29) is 23.3 Å². The van der Waals surface area contributed by atoms with Crippen molar-refractivity contribution in [2.75, 3.05) is 18.4 Å². The molecule has 2 aromatic rings. The number of benzene rings is 2. The molecule has 2 rings (SSSR count). The maximum Gasteiger partial charge on any atom is 0.253 e. The molecule has 0 aliphatic heterocycles. The molecule has 7 heteroatoms. The van der Waals surface area contributed by atoms with Crippen LogP contribution in [-0.2, 0) is 11.2 Å². The van der Waals surface area contributed by atoms with E-state index in [1.54, 1.807) is 48.5 Å². The predicted molar refractivity (Wildman–Crippen MR) is 122 cm³/mol. The van der Waals surface area contributed by atoms with Crippen LogP contribution in [0.25, 0.3) is 0 Å². The van der Waals surface area contributed by atoms with Crippen molar-refractivity contribution in [3.8, 4) is 0 Å². The molecule has 0 radical (unpaired) electrons. The van der Waals surface area contributed by atoms with E-state index in [4.69, 9.17) is 23.8 Å². The molecule has 2 N–H and O–H groups in total. The van der Waals surface area contributed by atoms with Gasteiger partial charge in [-0.2, -0.15) is 0 Å². The maximum absolute atomic E-state index is 12.8. The van der Waals surface area contributed by atoms with Gasteiger partial charge in [-0.05, 0) is 61.0 Å². The summed E-state index contributed by atoms with van der Waals surface area (Å²) < 4.78 is 0. The Morgan fingerprint density at radius 3 is 2.31 bits per heavy atom. The van der Waals surface area contributed by atoms with Crippen molar-refractivity contribution < 1.29 is 9.59 Å². The third-order valence-electron chi connectivity index (χ3n) is 4.17. The van der Waals surface area contributed by atoms with Crippen LogP contribution in [0.4, 0.5) is 5.69 Å². The normalized spacial score (nSPS) is 10.3. The van der Waals surface area contributed by atoms with E-state index in [2.05, 4.69) is 24.5 Å². The van der Waals surface area contributed by atoms with Gasteiger partial charge in [0.15, 0.2) is 5.11 Å². The number of carbonyl (C=O) groups is 2. The molecular weight excluding hydrogens is 406 g/mol. The van der Waals surface area contributed by atoms with E-state index < -0.39 is 0 Å². The highest BCUT2D eigenvalue weighted by Gasteiger charge is 2.15. The predicted octanol–water partition coefficient (Wildman–Crippen LogP) is 4.66. The van der Waals surface area contributed by atoms with Crippen LogP contribution in [0.1, 0.15) is 42.6 Å². The molecular formula is C22H26ClN3O2S. The molecule has 5 nitrogen and oxygen atoms in total. The van der Waals surface area contributed by atoms with E-state index in [9.17, 15) is 9.59 Å². The molecule has 0 aliphatic carbocycles. The first-order valence-corrected chi connectivity index (χ1v) is 10.5. The van der Waals surface area contributed by atoms with Crippen molar-refractivity contribution >= 4 is 46.4 Å². The molecule has 29 heavy (non-hydrogen) atoms. The molecule has 0 saturated heterocycles. The molecule has 0 saturated carbocycles. The van der Waals surface area contributed by atoms with Gasteiger partial charge in [0.1, 0.15) is 0 Å². The summed E-state index contributed by atoms with van der Waals surface area (Å²) in [6.07, 6.45) is 2.02. The number of nitrogens with zero attached hydrogens (tertiary/aromatic N) is 1. The first-order chi connectivity index (χ1) is 13.9. The Labute approximate surface area is 182 Å².